The molecular weight excluding hydrogens is 314 g/mol. The summed E-state index contributed by atoms with van der Waals surface area (Å²) in [6, 6.07) is 0. The van der Waals surface area contributed by atoms with Crippen molar-refractivity contribution >= 4 is 28.2 Å². The van der Waals surface area contributed by atoms with Crippen molar-refractivity contribution in [1.29, 1.82) is 0 Å². The van der Waals surface area contributed by atoms with E-state index in [4.69, 9.17) is 4.74 Å². The molecule has 0 aliphatic carbocycles. The molecule has 122 valence electrons. The molecule has 0 fully saturated rings. The molecule has 2 rings (SSSR count). The molecule has 0 radical (unpaired) electrons. The molecule has 0 saturated heterocycles. The SMILES string of the molecule is CCOC(=O)c1c(NC(=O)CCc2cncnc2)sc(C)c1C. The molecule has 0 bridgehead atoms. The second kappa shape index (κ2) is 7.82. The normalized spacial score (nSPS) is 10.4. The predicted molar refractivity (Wildman–Crippen MR) is 88.7 cm³/mol. The predicted octanol–water partition coefficient (Wildman–Crippen LogP) is 2.90. The molecule has 0 atom stereocenters. The maximum Gasteiger partial charge on any atom is 0.341 e. The van der Waals surface area contributed by atoms with E-state index in [1.54, 1.807) is 19.3 Å². The van der Waals surface area contributed by atoms with Crippen molar-refractivity contribution in [2.24, 2.45) is 0 Å². The average Bonchev–Trinajstić information content (AvgIpc) is 2.81. The first-order valence-electron chi connectivity index (χ1n) is 7.33. The summed E-state index contributed by atoms with van der Waals surface area (Å²) in [5.41, 5.74) is 2.19. The van der Waals surface area contributed by atoms with E-state index in [2.05, 4.69) is 15.3 Å². The lowest BCUT2D eigenvalue weighted by Crippen LogP contribution is -2.15. The molecule has 7 heteroatoms. The lowest BCUT2D eigenvalue weighted by Gasteiger charge is -2.07. The Kier molecular flexibility index (Phi) is 5.81. The number of aromatic nitrogens is 2. The Labute approximate surface area is 138 Å². The Morgan fingerprint density at radius 3 is 2.61 bits per heavy atom. The average molecular weight is 333 g/mol. The van der Waals surface area contributed by atoms with Gasteiger partial charge in [0.1, 0.15) is 11.3 Å². The van der Waals surface area contributed by atoms with Crippen LogP contribution in [0.15, 0.2) is 18.7 Å². The van der Waals surface area contributed by atoms with Gasteiger partial charge in [0.25, 0.3) is 0 Å². The molecule has 6 nitrogen and oxygen atoms in total. The Hall–Kier alpha value is -2.28. The molecule has 2 aromatic heterocycles. The van der Waals surface area contributed by atoms with Crippen LogP contribution in [0.3, 0.4) is 0 Å². The zero-order valence-electron chi connectivity index (χ0n) is 13.4. The van der Waals surface area contributed by atoms with Gasteiger partial charge in [-0.15, -0.1) is 11.3 Å². The highest BCUT2D eigenvalue weighted by atomic mass is 32.1. The third-order valence-electron chi connectivity index (χ3n) is 3.37. The van der Waals surface area contributed by atoms with Gasteiger partial charge in [0.05, 0.1) is 12.2 Å². The van der Waals surface area contributed by atoms with Gasteiger partial charge in [-0.25, -0.2) is 14.8 Å². The Morgan fingerprint density at radius 1 is 1.26 bits per heavy atom. The molecule has 1 N–H and O–H groups in total. The summed E-state index contributed by atoms with van der Waals surface area (Å²) in [7, 11) is 0. The molecule has 0 spiro atoms. The first-order chi connectivity index (χ1) is 11.0. The fraction of sp³-hybridized carbons (Fsp3) is 0.375. The highest BCUT2D eigenvalue weighted by Crippen LogP contribution is 2.33. The number of aryl methyl sites for hydroxylation is 2. The van der Waals surface area contributed by atoms with Gasteiger partial charge in [-0.05, 0) is 38.3 Å². The lowest BCUT2D eigenvalue weighted by atomic mass is 10.1. The van der Waals surface area contributed by atoms with Gasteiger partial charge in [0, 0.05) is 23.7 Å². The fourth-order valence-corrected chi connectivity index (χ4v) is 3.13. The summed E-state index contributed by atoms with van der Waals surface area (Å²) >= 11 is 1.39. The van der Waals surface area contributed by atoms with Crippen LogP contribution < -0.4 is 5.32 Å². The highest BCUT2D eigenvalue weighted by molar-refractivity contribution is 7.16. The summed E-state index contributed by atoms with van der Waals surface area (Å²) < 4.78 is 5.07. The summed E-state index contributed by atoms with van der Waals surface area (Å²) in [4.78, 5) is 33.0. The number of carbonyl (C=O) groups excluding carboxylic acids is 2. The van der Waals surface area contributed by atoms with Gasteiger partial charge >= 0.3 is 5.97 Å². The number of amides is 1. The van der Waals surface area contributed by atoms with Crippen LogP contribution in [0.5, 0.6) is 0 Å². The van der Waals surface area contributed by atoms with E-state index in [1.807, 2.05) is 13.8 Å². The van der Waals surface area contributed by atoms with Crippen LogP contribution in [0.2, 0.25) is 0 Å². The van der Waals surface area contributed by atoms with Crippen molar-refractivity contribution in [2.45, 2.75) is 33.6 Å². The molecular formula is C16H19N3O3S. The van der Waals surface area contributed by atoms with Crippen LogP contribution in [0.25, 0.3) is 0 Å². The largest absolute Gasteiger partial charge is 0.462 e. The van der Waals surface area contributed by atoms with Crippen LogP contribution in [0.4, 0.5) is 5.00 Å². The second-order valence-corrected chi connectivity index (χ2v) is 6.23. The number of ether oxygens (including phenoxy) is 1. The van der Waals surface area contributed by atoms with Crippen LogP contribution in [-0.2, 0) is 16.0 Å². The first-order valence-corrected chi connectivity index (χ1v) is 8.15. The van der Waals surface area contributed by atoms with Crippen molar-refractivity contribution in [3.63, 3.8) is 0 Å². The van der Waals surface area contributed by atoms with E-state index in [0.717, 1.165) is 16.0 Å². The van der Waals surface area contributed by atoms with E-state index in [-0.39, 0.29) is 5.91 Å². The second-order valence-electron chi connectivity index (χ2n) is 5.00. The molecule has 0 aliphatic rings. The van der Waals surface area contributed by atoms with Crippen molar-refractivity contribution < 1.29 is 14.3 Å². The summed E-state index contributed by atoms with van der Waals surface area (Å²) in [6.45, 7) is 5.83. The van der Waals surface area contributed by atoms with E-state index >= 15 is 0 Å². The van der Waals surface area contributed by atoms with Gasteiger partial charge in [0.2, 0.25) is 5.91 Å². The van der Waals surface area contributed by atoms with E-state index in [0.29, 0.717) is 30.0 Å². The fourth-order valence-electron chi connectivity index (χ4n) is 2.07. The number of hydrogen-bond donors (Lipinski definition) is 1. The van der Waals surface area contributed by atoms with Crippen molar-refractivity contribution in [1.82, 2.24) is 9.97 Å². The maximum atomic E-state index is 12.1. The zero-order chi connectivity index (χ0) is 16.8. The maximum absolute atomic E-state index is 12.1. The molecule has 2 aromatic rings. The number of esters is 1. The summed E-state index contributed by atoms with van der Waals surface area (Å²) in [6.07, 6.45) is 5.66. The standard InChI is InChI=1S/C16H19N3O3S/c1-4-22-16(21)14-10(2)11(3)23-15(14)19-13(20)6-5-12-7-17-9-18-8-12/h7-9H,4-6H2,1-3H3,(H,19,20). The molecule has 0 aliphatic heterocycles. The van der Waals surface area contributed by atoms with Gasteiger partial charge in [0.15, 0.2) is 0 Å². The number of carbonyl (C=O) groups is 2. The third-order valence-corrected chi connectivity index (χ3v) is 4.50. The molecule has 0 aromatic carbocycles. The topological polar surface area (TPSA) is 81.2 Å². The number of anilines is 1. The molecule has 23 heavy (non-hydrogen) atoms. The zero-order valence-corrected chi connectivity index (χ0v) is 14.2. The minimum atomic E-state index is -0.402. The summed E-state index contributed by atoms with van der Waals surface area (Å²) in [5, 5.41) is 3.37. The Balaban J connectivity index is 2.06. The number of rotatable bonds is 6. The van der Waals surface area contributed by atoms with Gasteiger partial charge < -0.3 is 10.1 Å². The number of nitrogens with one attached hydrogen (secondary N) is 1. The van der Waals surface area contributed by atoms with Crippen LogP contribution in [0, 0.1) is 13.8 Å². The minimum absolute atomic E-state index is 0.152. The molecule has 0 saturated carbocycles. The Morgan fingerprint density at radius 2 is 1.96 bits per heavy atom. The minimum Gasteiger partial charge on any atom is -0.462 e. The smallest absolute Gasteiger partial charge is 0.341 e. The monoisotopic (exact) mass is 333 g/mol. The van der Waals surface area contributed by atoms with E-state index in [1.165, 1.54) is 17.7 Å². The van der Waals surface area contributed by atoms with Crippen molar-refractivity contribution in [3.05, 3.63) is 40.3 Å². The van der Waals surface area contributed by atoms with E-state index in [9.17, 15) is 9.59 Å². The quantitative estimate of drug-likeness (QED) is 0.822. The number of thiophene rings is 1. The van der Waals surface area contributed by atoms with Crippen LogP contribution in [0.1, 0.15) is 39.7 Å². The van der Waals surface area contributed by atoms with Gasteiger partial charge in [-0.2, -0.15) is 0 Å². The van der Waals surface area contributed by atoms with Crippen molar-refractivity contribution in [2.75, 3.05) is 11.9 Å². The van der Waals surface area contributed by atoms with Crippen LogP contribution in [-0.4, -0.2) is 28.5 Å². The highest BCUT2D eigenvalue weighted by Gasteiger charge is 2.21. The number of nitrogens with zero attached hydrogens (tertiary/aromatic N) is 2. The first kappa shape index (κ1) is 17.1. The van der Waals surface area contributed by atoms with E-state index < -0.39 is 5.97 Å². The summed E-state index contributed by atoms with van der Waals surface area (Å²) in [5.74, 6) is -0.554. The lowest BCUT2D eigenvalue weighted by molar-refractivity contribution is -0.116. The molecule has 0 unspecified atom stereocenters. The Bertz CT molecular complexity index is 698. The molecule has 1 amide bonds. The number of hydrogen-bond acceptors (Lipinski definition) is 6. The van der Waals surface area contributed by atoms with Crippen LogP contribution >= 0.6 is 11.3 Å². The molecule has 2 heterocycles. The third kappa shape index (κ3) is 4.35. The van der Waals surface area contributed by atoms with Gasteiger partial charge in [-0.3, -0.25) is 4.79 Å². The van der Waals surface area contributed by atoms with Crippen molar-refractivity contribution in [3.8, 4) is 0 Å². The van der Waals surface area contributed by atoms with Gasteiger partial charge in [-0.1, -0.05) is 0 Å².